The fourth-order valence-corrected chi connectivity index (χ4v) is 5.61. The summed E-state index contributed by atoms with van der Waals surface area (Å²) < 4.78 is 16.0. The summed E-state index contributed by atoms with van der Waals surface area (Å²) in [5, 5.41) is 24.3. The summed E-state index contributed by atoms with van der Waals surface area (Å²) in [6.45, 7) is 1.98. The van der Waals surface area contributed by atoms with Gasteiger partial charge < -0.3 is 20.1 Å². The summed E-state index contributed by atoms with van der Waals surface area (Å²) in [5.41, 5.74) is 3.77. The van der Waals surface area contributed by atoms with Crippen molar-refractivity contribution in [1.29, 1.82) is 0 Å². The number of carboxylic acids is 1. The van der Waals surface area contributed by atoms with Crippen LogP contribution >= 0.6 is 0 Å². The van der Waals surface area contributed by atoms with Gasteiger partial charge in [0.15, 0.2) is 5.82 Å². The van der Waals surface area contributed by atoms with Crippen LogP contribution in [-0.4, -0.2) is 35.7 Å². The maximum absolute atomic E-state index is 14.1. The molecule has 0 bridgehead atoms. The van der Waals surface area contributed by atoms with Crippen LogP contribution in [0.3, 0.4) is 0 Å². The lowest BCUT2D eigenvalue weighted by atomic mass is 9.74. The molecule has 2 heterocycles. The second-order valence-corrected chi connectivity index (χ2v) is 10.7. The van der Waals surface area contributed by atoms with Crippen molar-refractivity contribution in [2.45, 2.75) is 62.9 Å². The Morgan fingerprint density at radius 2 is 1.85 bits per heavy atom. The number of hydrogen-bond donors (Lipinski definition) is 3. The molecule has 2 saturated carbocycles. The number of nitrogens with one attached hydrogen (secondary N) is 1. The van der Waals surface area contributed by atoms with E-state index in [1.165, 1.54) is 6.20 Å². The van der Waals surface area contributed by atoms with Crippen molar-refractivity contribution in [2.24, 2.45) is 0 Å². The number of benzene rings is 2. The van der Waals surface area contributed by atoms with E-state index in [0.29, 0.717) is 48.6 Å². The van der Waals surface area contributed by atoms with Crippen LogP contribution in [0.25, 0.3) is 5.69 Å². The van der Waals surface area contributed by atoms with E-state index in [-0.39, 0.29) is 17.7 Å². The molecule has 0 radical (unpaired) electrons. The summed E-state index contributed by atoms with van der Waals surface area (Å²) >= 11 is 0. The van der Waals surface area contributed by atoms with Crippen LogP contribution in [0.15, 0.2) is 61.2 Å². The van der Waals surface area contributed by atoms with Gasteiger partial charge in [-0.05, 0) is 86.8 Å². The third-order valence-electron chi connectivity index (χ3n) is 7.85. The van der Waals surface area contributed by atoms with Crippen molar-refractivity contribution < 1.29 is 19.4 Å². The van der Waals surface area contributed by atoms with Gasteiger partial charge in [-0.3, -0.25) is 0 Å². The van der Waals surface area contributed by atoms with E-state index in [1.807, 2.05) is 48.0 Å². The van der Waals surface area contributed by atoms with Crippen LogP contribution < -0.4 is 5.32 Å². The summed E-state index contributed by atoms with van der Waals surface area (Å²) in [4.78, 5) is 24.7. The first-order valence-electron chi connectivity index (χ1n) is 13.3. The molecule has 3 N–H and O–H groups in total. The van der Waals surface area contributed by atoms with E-state index in [9.17, 15) is 19.4 Å². The van der Waals surface area contributed by atoms with Gasteiger partial charge in [-0.1, -0.05) is 18.2 Å². The molecule has 200 valence electrons. The standard InChI is InChI=1S/C30H30FN5O3/c1-18-12-21(34-29-32-15-25(31)27(35-29)20-6-7-20)14-22(13-18)36-16-26(33-17-36)30(39)10-8-19(9-11-30)23-4-2-3-5-24(23)28(37)38/h2-5,12-17,19-20,39H,6-11H2,1H3,(H,37,38)(H,32,34,35). The summed E-state index contributed by atoms with van der Waals surface area (Å²) in [6.07, 6.45) is 9.00. The number of aromatic nitrogens is 4. The molecule has 2 aromatic carbocycles. The first-order chi connectivity index (χ1) is 18.8. The predicted molar refractivity (Wildman–Crippen MR) is 144 cm³/mol. The van der Waals surface area contributed by atoms with Crippen LogP contribution in [0.4, 0.5) is 16.0 Å². The number of aromatic carboxylic acids is 1. The molecular formula is C30H30FN5O3. The minimum atomic E-state index is -1.08. The molecule has 39 heavy (non-hydrogen) atoms. The largest absolute Gasteiger partial charge is 0.478 e. The molecule has 2 aliphatic carbocycles. The Morgan fingerprint density at radius 1 is 1.08 bits per heavy atom. The molecule has 2 aromatic heterocycles. The van der Waals surface area contributed by atoms with Crippen molar-refractivity contribution in [3.05, 3.63) is 95.1 Å². The van der Waals surface area contributed by atoms with Crippen LogP contribution in [0.1, 0.15) is 83.2 Å². The maximum Gasteiger partial charge on any atom is 0.335 e. The number of carboxylic acid groups (broad SMARTS) is 1. The zero-order valence-corrected chi connectivity index (χ0v) is 21.6. The number of carbonyl (C=O) groups is 1. The lowest BCUT2D eigenvalue weighted by Gasteiger charge is -2.35. The highest BCUT2D eigenvalue weighted by molar-refractivity contribution is 5.89. The second kappa shape index (κ2) is 9.89. The molecule has 0 atom stereocenters. The monoisotopic (exact) mass is 527 g/mol. The summed E-state index contributed by atoms with van der Waals surface area (Å²) in [5.74, 6) is -0.668. The quantitative estimate of drug-likeness (QED) is 0.271. The molecule has 0 spiro atoms. The number of anilines is 2. The minimum Gasteiger partial charge on any atom is -0.478 e. The Balaban J connectivity index is 1.19. The van der Waals surface area contributed by atoms with E-state index in [2.05, 4.69) is 20.3 Å². The van der Waals surface area contributed by atoms with E-state index in [4.69, 9.17) is 0 Å². The fraction of sp³-hybridized carbons (Fsp3) is 0.333. The zero-order valence-electron chi connectivity index (χ0n) is 21.6. The topological polar surface area (TPSA) is 113 Å². The molecule has 0 unspecified atom stereocenters. The molecule has 4 aromatic rings. The Kier molecular flexibility index (Phi) is 6.38. The summed E-state index contributed by atoms with van der Waals surface area (Å²) in [6, 6.07) is 13.0. The maximum atomic E-state index is 14.1. The Hall–Kier alpha value is -4.11. The average molecular weight is 528 g/mol. The Morgan fingerprint density at radius 3 is 2.59 bits per heavy atom. The predicted octanol–water partition coefficient (Wildman–Crippen LogP) is 5.97. The number of aryl methyl sites for hydroxylation is 1. The van der Waals surface area contributed by atoms with Crippen LogP contribution in [0.2, 0.25) is 0 Å². The van der Waals surface area contributed by atoms with Gasteiger partial charge in [-0.2, -0.15) is 0 Å². The Labute approximate surface area is 225 Å². The van der Waals surface area contributed by atoms with Gasteiger partial charge in [0, 0.05) is 23.5 Å². The van der Waals surface area contributed by atoms with Gasteiger partial charge in [0.2, 0.25) is 5.95 Å². The number of aliphatic hydroxyl groups is 1. The normalized spacial score (nSPS) is 21.1. The SMILES string of the molecule is Cc1cc(Nc2ncc(F)c(C3CC3)n2)cc(-n2cnc(C3(O)CCC(c4ccccc4C(=O)O)CC3)c2)c1. The van der Waals surface area contributed by atoms with Crippen molar-refractivity contribution in [3.63, 3.8) is 0 Å². The number of nitrogens with zero attached hydrogens (tertiary/aromatic N) is 4. The van der Waals surface area contributed by atoms with Crippen molar-refractivity contribution in [1.82, 2.24) is 19.5 Å². The molecule has 8 nitrogen and oxygen atoms in total. The number of imidazole rings is 1. The van der Waals surface area contributed by atoms with Crippen molar-refractivity contribution in [3.8, 4) is 5.69 Å². The molecule has 0 amide bonds. The van der Waals surface area contributed by atoms with E-state index < -0.39 is 11.6 Å². The van der Waals surface area contributed by atoms with Crippen LogP contribution in [0.5, 0.6) is 0 Å². The lowest BCUT2D eigenvalue weighted by molar-refractivity contribution is -0.00932. The first kappa shape index (κ1) is 25.2. The third-order valence-corrected chi connectivity index (χ3v) is 7.85. The molecule has 2 fully saturated rings. The van der Waals surface area contributed by atoms with E-state index in [1.54, 1.807) is 18.5 Å². The molecule has 2 aliphatic rings. The fourth-order valence-electron chi connectivity index (χ4n) is 5.61. The average Bonchev–Trinajstić information content (AvgIpc) is 3.64. The lowest BCUT2D eigenvalue weighted by Crippen LogP contribution is -2.31. The van der Waals surface area contributed by atoms with Gasteiger partial charge in [0.05, 0.1) is 29.5 Å². The molecule has 0 aliphatic heterocycles. The summed E-state index contributed by atoms with van der Waals surface area (Å²) in [7, 11) is 0. The number of hydrogen-bond acceptors (Lipinski definition) is 6. The van der Waals surface area contributed by atoms with Gasteiger partial charge >= 0.3 is 5.97 Å². The number of halogens is 1. The van der Waals surface area contributed by atoms with Crippen LogP contribution in [-0.2, 0) is 5.60 Å². The van der Waals surface area contributed by atoms with Gasteiger partial charge in [-0.25, -0.2) is 24.1 Å². The molecule has 0 saturated heterocycles. The smallest absolute Gasteiger partial charge is 0.335 e. The zero-order chi connectivity index (χ0) is 27.1. The second-order valence-electron chi connectivity index (χ2n) is 10.7. The highest BCUT2D eigenvalue weighted by Crippen LogP contribution is 2.44. The van der Waals surface area contributed by atoms with Gasteiger partial charge in [0.25, 0.3) is 0 Å². The Bertz CT molecular complexity index is 1540. The minimum absolute atomic E-state index is 0.0826. The van der Waals surface area contributed by atoms with Crippen molar-refractivity contribution in [2.75, 3.05) is 5.32 Å². The first-order valence-corrected chi connectivity index (χ1v) is 13.3. The third kappa shape index (κ3) is 5.14. The van der Waals surface area contributed by atoms with E-state index in [0.717, 1.165) is 35.3 Å². The number of rotatable bonds is 7. The molecule has 9 heteroatoms. The molecular weight excluding hydrogens is 497 g/mol. The van der Waals surface area contributed by atoms with Gasteiger partial charge in [0.1, 0.15) is 5.60 Å². The highest BCUT2D eigenvalue weighted by atomic mass is 19.1. The van der Waals surface area contributed by atoms with E-state index >= 15 is 0 Å². The molecule has 6 rings (SSSR count). The van der Waals surface area contributed by atoms with Crippen LogP contribution in [0, 0.1) is 12.7 Å². The van der Waals surface area contributed by atoms with Gasteiger partial charge in [-0.15, -0.1) is 0 Å². The highest BCUT2D eigenvalue weighted by Gasteiger charge is 2.38. The van der Waals surface area contributed by atoms with Crippen molar-refractivity contribution >= 4 is 17.6 Å².